The third-order valence-corrected chi connectivity index (χ3v) is 8.22. The molecule has 5 nitrogen and oxygen atoms in total. The van der Waals surface area contributed by atoms with Gasteiger partial charge in [0.1, 0.15) is 5.82 Å². The summed E-state index contributed by atoms with van der Waals surface area (Å²) >= 11 is 1.71. The van der Waals surface area contributed by atoms with Gasteiger partial charge >= 0.3 is 5.97 Å². The number of rotatable bonds is 12. The molecular formula is C35H37N3O2S. The lowest BCUT2D eigenvalue weighted by molar-refractivity contribution is 0.0697. The first-order valence-electron chi connectivity index (χ1n) is 14.2. The van der Waals surface area contributed by atoms with Crippen LogP contribution in [0.25, 0.3) is 22.6 Å². The van der Waals surface area contributed by atoms with E-state index in [9.17, 15) is 9.90 Å². The van der Waals surface area contributed by atoms with E-state index in [1.807, 2.05) is 12.1 Å². The molecule has 0 saturated heterocycles. The van der Waals surface area contributed by atoms with Gasteiger partial charge in [0.05, 0.1) is 17.0 Å². The fraction of sp³-hybridized carbons (Fsp3) is 0.257. The van der Waals surface area contributed by atoms with Crippen LogP contribution in [0, 0.1) is 13.8 Å². The van der Waals surface area contributed by atoms with Crippen LogP contribution in [0.4, 0.5) is 0 Å². The molecule has 0 aliphatic heterocycles. The van der Waals surface area contributed by atoms with E-state index in [-0.39, 0.29) is 0 Å². The minimum atomic E-state index is -0.905. The van der Waals surface area contributed by atoms with Gasteiger partial charge in [-0.25, -0.2) is 9.78 Å². The Bertz CT molecular complexity index is 1590. The predicted octanol–water partition coefficient (Wildman–Crippen LogP) is 8.60. The Morgan fingerprint density at radius 1 is 0.902 bits per heavy atom. The van der Waals surface area contributed by atoms with Crippen LogP contribution in [-0.4, -0.2) is 25.5 Å². The zero-order valence-electron chi connectivity index (χ0n) is 24.0. The number of carboxylic acids is 1. The summed E-state index contributed by atoms with van der Waals surface area (Å²) in [6.07, 6.45) is 2.16. The Balaban J connectivity index is 1.61. The molecule has 0 atom stereocenters. The average molecular weight is 564 g/mol. The third kappa shape index (κ3) is 6.84. The molecule has 0 bridgehead atoms. The van der Waals surface area contributed by atoms with Crippen molar-refractivity contribution >= 4 is 17.3 Å². The SMILES string of the molecule is CCCCn1c(-c2ccccc2C)nc(-c2ccc(C)cc2)c1CN(Cc1ccc(C(=O)O)cc1)Cc1ccsc1. The van der Waals surface area contributed by atoms with Crippen LogP contribution in [0.5, 0.6) is 0 Å². The zero-order chi connectivity index (χ0) is 28.8. The van der Waals surface area contributed by atoms with E-state index in [1.54, 1.807) is 23.5 Å². The first kappa shape index (κ1) is 28.5. The number of thiophene rings is 1. The van der Waals surface area contributed by atoms with Gasteiger partial charge in [0.15, 0.2) is 0 Å². The normalized spacial score (nSPS) is 11.3. The summed E-state index contributed by atoms with van der Waals surface area (Å²) in [5.41, 5.74) is 9.62. The van der Waals surface area contributed by atoms with Crippen LogP contribution >= 0.6 is 11.3 Å². The highest BCUT2D eigenvalue weighted by Gasteiger charge is 2.23. The first-order valence-corrected chi connectivity index (χ1v) is 15.1. The minimum Gasteiger partial charge on any atom is -0.478 e. The van der Waals surface area contributed by atoms with E-state index < -0.39 is 5.97 Å². The van der Waals surface area contributed by atoms with E-state index in [4.69, 9.17) is 4.98 Å². The molecule has 6 heteroatoms. The van der Waals surface area contributed by atoms with Crippen LogP contribution in [0.15, 0.2) is 89.6 Å². The quantitative estimate of drug-likeness (QED) is 0.165. The number of hydrogen-bond acceptors (Lipinski definition) is 4. The lowest BCUT2D eigenvalue weighted by atomic mass is 10.1. The first-order chi connectivity index (χ1) is 19.9. The molecule has 3 aromatic carbocycles. The number of nitrogens with zero attached hydrogens (tertiary/aromatic N) is 3. The second-order valence-corrected chi connectivity index (χ2v) is 11.5. The molecule has 1 N–H and O–H groups in total. The van der Waals surface area contributed by atoms with Gasteiger partial charge in [-0.1, -0.05) is 79.6 Å². The second kappa shape index (κ2) is 13.1. The molecule has 0 saturated carbocycles. The number of hydrogen-bond donors (Lipinski definition) is 1. The lowest BCUT2D eigenvalue weighted by Gasteiger charge is -2.24. The number of aromatic nitrogens is 2. The van der Waals surface area contributed by atoms with Crippen molar-refractivity contribution in [3.8, 4) is 22.6 Å². The van der Waals surface area contributed by atoms with E-state index in [0.717, 1.165) is 54.1 Å². The van der Waals surface area contributed by atoms with E-state index >= 15 is 0 Å². The maximum absolute atomic E-state index is 11.4. The van der Waals surface area contributed by atoms with Crippen molar-refractivity contribution in [2.24, 2.45) is 0 Å². The van der Waals surface area contributed by atoms with Crippen molar-refractivity contribution < 1.29 is 9.90 Å². The van der Waals surface area contributed by atoms with Crippen LogP contribution < -0.4 is 0 Å². The van der Waals surface area contributed by atoms with Gasteiger partial charge in [-0.05, 0) is 65.9 Å². The van der Waals surface area contributed by atoms with Gasteiger partial charge in [-0.3, -0.25) is 4.90 Å². The summed E-state index contributed by atoms with van der Waals surface area (Å²) in [7, 11) is 0. The fourth-order valence-electron chi connectivity index (χ4n) is 5.21. The monoisotopic (exact) mass is 563 g/mol. The number of carbonyl (C=O) groups is 1. The third-order valence-electron chi connectivity index (χ3n) is 7.49. The van der Waals surface area contributed by atoms with E-state index in [2.05, 4.69) is 95.6 Å². The lowest BCUT2D eigenvalue weighted by Crippen LogP contribution is -2.24. The number of aromatic carboxylic acids is 1. The van der Waals surface area contributed by atoms with Crippen LogP contribution in [0.2, 0.25) is 0 Å². The van der Waals surface area contributed by atoms with Crippen molar-refractivity contribution in [2.45, 2.75) is 59.8 Å². The summed E-state index contributed by atoms with van der Waals surface area (Å²) in [6.45, 7) is 9.59. The molecule has 41 heavy (non-hydrogen) atoms. The highest BCUT2D eigenvalue weighted by atomic mass is 32.1. The van der Waals surface area contributed by atoms with Gasteiger partial charge in [0.25, 0.3) is 0 Å². The maximum Gasteiger partial charge on any atom is 0.335 e. The van der Waals surface area contributed by atoms with Crippen LogP contribution in [0.1, 0.15) is 58.1 Å². The van der Waals surface area contributed by atoms with Gasteiger partial charge in [-0.2, -0.15) is 11.3 Å². The largest absolute Gasteiger partial charge is 0.478 e. The smallest absolute Gasteiger partial charge is 0.335 e. The molecule has 210 valence electrons. The van der Waals surface area contributed by atoms with Gasteiger partial charge in [0, 0.05) is 37.3 Å². The van der Waals surface area contributed by atoms with Crippen molar-refractivity contribution in [3.63, 3.8) is 0 Å². The van der Waals surface area contributed by atoms with Gasteiger partial charge in [-0.15, -0.1) is 0 Å². The Kier molecular flexibility index (Phi) is 9.12. The van der Waals surface area contributed by atoms with Crippen LogP contribution in [0.3, 0.4) is 0 Å². The molecule has 0 radical (unpaired) electrons. The fourth-order valence-corrected chi connectivity index (χ4v) is 5.87. The number of unbranched alkanes of at least 4 members (excludes halogenated alkanes) is 1. The number of aryl methyl sites for hydroxylation is 2. The number of carboxylic acid groups (broad SMARTS) is 1. The summed E-state index contributed by atoms with van der Waals surface area (Å²) in [5, 5.41) is 13.7. The van der Waals surface area contributed by atoms with Crippen LogP contribution in [-0.2, 0) is 26.2 Å². The molecule has 5 rings (SSSR count). The highest BCUT2D eigenvalue weighted by molar-refractivity contribution is 7.07. The van der Waals surface area contributed by atoms with Crippen molar-refractivity contribution in [3.05, 3.63) is 123 Å². The molecule has 0 fully saturated rings. The van der Waals surface area contributed by atoms with Crippen molar-refractivity contribution in [1.82, 2.24) is 14.5 Å². The number of imidazole rings is 1. The standard InChI is InChI=1S/C35H37N3O2S/c1-4-5-19-38-32(23-37(22-28-18-20-41-24-28)21-27-12-16-30(17-13-27)35(39)40)33(29-14-10-25(2)11-15-29)36-34(38)31-9-7-6-8-26(31)3/h6-18,20,24H,4-5,19,21-23H2,1-3H3,(H,39,40). The van der Waals surface area contributed by atoms with Crippen molar-refractivity contribution in [1.29, 1.82) is 0 Å². The Morgan fingerprint density at radius 3 is 2.29 bits per heavy atom. The molecule has 0 spiro atoms. The molecule has 2 aromatic heterocycles. The highest BCUT2D eigenvalue weighted by Crippen LogP contribution is 2.33. The topological polar surface area (TPSA) is 58.4 Å². The Labute approximate surface area is 246 Å². The maximum atomic E-state index is 11.4. The van der Waals surface area contributed by atoms with Gasteiger partial charge < -0.3 is 9.67 Å². The second-order valence-electron chi connectivity index (χ2n) is 10.7. The van der Waals surface area contributed by atoms with E-state index in [0.29, 0.717) is 18.7 Å². The summed E-state index contributed by atoms with van der Waals surface area (Å²) < 4.78 is 2.44. The van der Waals surface area contributed by atoms with E-state index in [1.165, 1.54) is 22.4 Å². The van der Waals surface area contributed by atoms with Gasteiger partial charge in [0.2, 0.25) is 0 Å². The number of benzene rings is 3. The summed E-state index contributed by atoms with van der Waals surface area (Å²) in [5.74, 6) is 0.112. The summed E-state index contributed by atoms with van der Waals surface area (Å²) in [6, 6.07) is 26.6. The predicted molar refractivity (Wildman–Crippen MR) is 168 cm³/mol. The van der Waals surface area contributed by atoms with Crippen molar-refractivity contribution in [2.75, 3.05) is 0 Å². The summed E-state index contributed by atoms with van der Waals surface area (Å²) in [4.78, 5) is 19.2. The molecule has 0 amide bonds. The molecule has 2 heterocycles. The minimum absolute atomic E-state index is 0.306. The molecule has 5 aromatic rings. The average Bonchev–Trinajstić information content (AvgIpc) is 3.61. The molecule has 0 aliphatic carbocycles. The molecule has 0 unspecified atom stereocenters. The molecular weight excluding hydrogens is 526 g/mol. The Morgan fingerprint density at radius 2 is 1.63 bits per heavy atom. The Hall–Kier alpha value is -4.00. The molecule has 0 aliphatic rings. The zero-order valence-corrected chi connectivity index (χ0v) is 24.8.